The average Bonchev–Trinajstić information content (AvgIpc) is 3.39. The Morgan fingerprint density at radius 2 is 1.97 bits per heavy atom. The van der Waals surface area contributed by atoms with Crippen molar-refractivity contribution in [1.82, 2.24) is 0 Å². The summed E-state index contributed by atoms with van der Waals surface area (Å²) in [6.07, 6.45) is 6.36. The van der Waals surface area contributed by atoms with Crippen LogP contribution in [0.5, 0.6) is 0 Å². The summed E-state index contributed by atoms with van der Waals surface area (Å²) in [5, 5.41) is 0. The van der Waals surface area contributed by atoms with Gasteiger partial charge in [-0.1, -0.05) is 19.9 Å². The van der Waals surface area contributed by atoms with Gasteiger partial charge in [0.1, 0.15) is 6.61 Å². The molecular formula is C24H34O7. The molecule has 0 radical (unpaired) electrons. The first-order valence-corrected chi connectivity index (χ1v) is 11.6. The first-order valence-electron chi connectivity index (χ1n) is 11.6. The maximum atomic E-state index is 12.3. The summed E-state index contributed by atoms with van der Waals surface area (Å²) in [7, 11) is 0. The first-order chi connectivity index (χ1) is 14.7. The molecule has 5 rings (SSSR count). The van der Waals surface area contributed by atoms with Crippen molar-refractivity contribution in [3.63, 3.8) is 0 Å². The van der Waals surface area contributed by atoms with Gasteiger partial charge < -0.3 is 23.7 Å². The van der Waals surface area contributed by atoms with Crippen molar-refractivity contribution in [2.24, 2.45) is 22.7 Å². The predicted molar refractivity (Wildman–Crippen MR) is 110 cm³/mol. The van der Waals surface area contributed by atoms with Crippen molar-refractivity contribution in [1.29, 1.82) is 0 Å². The van der Waals surface area contributed by atoms with E-state index < -0.39 is 12.1 Å². The monoisotopic (exact) mass is 434 g/mol. The third-order valence-corrected chi connectivity index (χ3v) is 8.89. The second kappa shape index (κ2) is 7.29. The van der Waals surface area contributed by atoms with Gasteiger partial charge in [0.15, 0.2) is 12.4 Å². The number of hydrogen-bond donors (Lipinski definition) is 0. The average molecular weight is 435 g/mol. The number of ether oxygens (including phenoxy) is 5. The number of fused-ring (bicyclic) bond motifs is 3. The topological polar surface area (TPSA) is 83.6 Å². The smallest absolute Gasteiger partial charge is 0.337 e. The van der Waals surface area contributed by atoms with Crippen LogP contribution in [0.15, 0.2) is 11.6 Å². The Morgan fingerprint density at radius 3 is 2.68 bits per heavy atom. The molecule has 3 saturated heterocycles. The fourth-order valence-corrected chi connectivity index (χ4v) is 7.28. The normalized spacial score (nSPS) is 50.0. The molecule has 5 fully saturated rings. The third kappa shape index (κ3) is 3.35. The number of cyclic esters (lactones) is 1. The van der Waals surface area contributed by atoms with Crippen LogP contribution in [0, 0.1) is 22.7 Å². The largest absolute Gasteiger partial charge is 0.458 e. The molecule has 0 N–H and O–H groups in total. The van der Waals surface area contributed by atoms with Crippen LogP contribution >= 0.6 is 0 Å². The van der Waals surface area contributed by atoms with Crippen LogP contribution in [0.3, 0.4) is 0 Å². The molecule has 2 saturated carbocycles. The van der Waals surface area contributed by atoms with E-state index in [1.807, 2.05) is 13.0 Å². The van der Waals surface area contributed by atoms with E-state index in [9.17, 15) is 9.59 Å². The minimum absolute atomic E-state index is 0.0199. The Morgan fingerprint density at radius 1 is 1.19 bits per heavy atom. The SMILES string of the molecule is CC(=O)O[C@@H]1COC(=O)/C1=C/C[C@@H]1[C@@]2(CC[C@@H]3[C@]4(C)CO[C@@H](C)O[C@@H]4CC[C@]31C)CO2. The number of epoxide rings is 1. The van der Waals surface area contributed by atoms with Crippen LogP contribution in [0.2, 0.25) is 0 Å². The lowest BCUT2D eigenvalue weighted by Crippen LogP contribution is -2.63. The van der Waals surface area contributed by atoms with Gasteiger partial charge in [0.05, 0.1) is 30.5 Å². The molecule has 31 heavy (non-hydrogen) atoms. The molecule has 0 unspecified atom stereocenters. The van der Waals surface area contributed by atoms with Gasteiger partial charge in [-0.3, -0.25) is 4.79 Å². The van der Waals surface area contributed by atoms with Crippen LogP contribution in [-0.2, 0) is 33.3 Å². The predicted octanol–water partition coefficient (Wildman–Crippen LogP) is 3.15. The number of carbonyl (C=O) groups excluding carboxylic acids is 2. The van der Waals surface area contributed by atoms with Crippen molar-refractivity contribution in [2.75, 3.05) is 19.8 Å². The number of rotatable bonds is 3. The molecule has 5 aliphatic rings. The van der Waals surface area contributed by atoms with E-state index in [-0.39, 0.29) is 47.3 Å². The van der Waals surface area contributed by atoms with Gasteiger partial charge in [-0.15, -0.1) is 0 Å². The van der Waals surface area contributed by atoms with Gasteiger partial charge >= 0.3 is 11.9 Å². The molecule has 0 aromatic rings. The Bertz CT molecular complexity index is 802. The molecule has 172 valence electrons. The van der Waals surface area contributed by atoms with E-state index in [0.717, 1.165) is 38.9 Å². The van der Waals surface area contributed by atoms with Crippen LogP contribution in [0.1, 0.15) is 59.8 Å². The Hall–Kier alpha value is -1.44. The van der Waals surface area contributed by atoms with Crippen LogP contribution in [0.25, 0.3) is 0 Å². The lowest BCUT2D eigenvalue weighted by Gasteiger charge is -2.63. The lowest BCUT2D eigenvalue weighted by atomic mass is 9.44. The molecular weight excluding hydrogens is 400 g/mol. The van der Waals surface area contributed by atoms with Crippen LogP contribution in [-0.4, -0.2) is 55.9 Å². The Kier molecular flexibility index (Phi) is 5.03. The van der Waals surface area contributed by atoms with Crippen molar-refractivity contribution in [3.05, 3.63) is 11.6 Å². The molecule has 3 heterocycles. The quantitative estimate of drug-likeness (QED) is 0.383. The highest BCUT2D eigenvalue weighted by Crippen LogP contribution is 2.67. The van der Waals surface area contributed by atoms with Crippen molar-refractivity contribution in [2.45, 2.75) is 83.9 Å². The molecule has 8 atom stereocenters. The second-order valence-corrected chi connectivity index (χ2v) is 10.6. The van der Waals surface area contributed by atoms with E-state index in [1.54, 1.807) is 0 Å². The van der Waals surface area contributed by atoms with E-state index in [2.05, 4.69) is 13.8 Å². The highest BCUT2D eigenvalue weighted by atomic mass is 16.7. The molecule has 2 aliphatic carbocycles. The Labute approximate surface area is 183 Å². The summed E-state index contributed by atoms with van der Waals surface area (Å²) in [4.78, 5) is 23.7. The fourth-order valence-electron chi connectivity index (χ4n) is 7.28. The molecule has 7 heteroatoms. The minimum atomic E-state index is -0.608. The zero-order chi connectivity index (χ0) is 22.0. The maximum Gasteiger partial charge on any atom is 0.337 e. The summed E-state index contributed by atoms with van der Waals surface area (Å²) in [6.45, 7) is 9.68. The minimum Gasteiger partial charge on any atom is -0.458 e. The first kappa shape index (κ1) is 21.4. The Balaban J connectivity index is 1.43. The zero-order valence-electron chi connectivity index (χ0n) is 19.0. The van der Waals surface area contributed by atoms with Gasteiger partial charge in [0.25, 0.3) is 0 Å². The van der Waals surface area contributed by atoms with Gasteiger partial charge in [-0.05, 0) is 56.3 Å². The number of carbonyl (C=O) groups is 2. The molecule has 0 aromatic carbocycles. The molecule has 0 aromatic heterocycles. The molecule has 7 nitrogen and oxygen atoms in total. The molecule has 0 bridgehead atoms. The number of allylic oxidation sites excluding steroid dienone is 1. The van der Waals surface area contributed by atoms with Gasteiger partial charge in [-0.25, -0.2) is 4.79 Å². The van der Waals surface area contributed by atoms with E-state index >= 15 is 0 Å². The molecule has 1 spiro atoms. The summed E-state index contributed by atoms with van der Waals surface area (Å²) in [5.41, 5.74) is 0.404. The van der Waals surface area contributed by atoms with E-state index in [4.69, 9.17) is 23.7 Å². The van der Waals surface area contributed by atoms with Gasteiger partial charge in [0.2, 0.25) is 0 Å². The van der Waals surface area contributed by atoms with Crippen molar-refractivity contribution in [3.8, 4) is 0 Å². The van der Waals surface area contributed by atoms with Gasteiger partial charge in [-0.2, -0.15) is 0 Å². The van der Waals surface area contributed by atoms with Gasteiger partial charge in [0, 0.05) is 12.3 Å². The summed E-state index contributed by atoms with van der Waals surface area (Å²) in [5.74, 6) is -0.0362. The van der Waals surface area contributed by atoms with Crippen molar-refractivity contribution >= 4 is 11.9 Å². The standard InChI is InChI=1S/C24H34O7/c1-14(25)30-17-11-27-21(26)16(17)5-6-19-22(3)9-8-20-23(4,12-28-15(2)31-20)18(22)7-10-24(19)13-29-24/h5,15,17-20H,6-13H2,1-4H3/b16-5+/t15-,17-,18+,19+,20-,22-,23+,24-/m1/s1. The highest BCUT2D eigenvalue weighted by Gasteiger charge is 2.67. The number of hydrogen-bond acceptors (Lipinski definition) is 7. The van der Waals surface area contributed by atoms with Crippen LogP contribution < -0.4 is 0 Å². The zero-order valence-corrected chi connectivity index (χ0v) is 19.0. The summed E-state index contributed by atoms with van der Waals surface area (Å²) >= 11 is 0. The summed E-state index contributed by atoms with van der Waals surface area (Å²) in [6, 6.07) is 0. The summed E-state index contributed by atoms with van der Waals surface area (Å²) < 4.78 is 28.8. The number of esters is 2. The highest BCUT2D eigenvalue weighted by molar-refractivity contribution is 5.92. The van der Waals surface area contributed by atoms with E-state index in [0.29, 0.717) is 17.9 Å². The van der Waals surface area contributed by atoms with E-state index in [1.165, 1.54) is 6.92 Å². The van der Waals surface area contributed by atoms with Crippen molar-refractivity contribution < 1.29 is 33.3 Å². The lowest BCUT2D eigenvalue weighted by molar-refractivity contribution is -0.302. The fraction of sp³-hybridized carbons (Fsp3) is 0.833. The molecule has 3 aliphatic heterocycles. The molecule has 0 amide bonds. The maximum absolute atomic E-state index is 12.3. The third-order valence-electron chi connectivity index (χ3n) is 8.89. The van der Waals surface area contributed by atoms with Crippen LogP contribution in [0.4, 0.5) is 0 Å². The second-order valence-electron chi connectivity index (χ2n) is 10.6.